The molecule has 3 nitrogen and oxygen atoms in total. The molecule has 0 aromatic rings. The Bertz CT molecular complexity index is 228. The summed E-state index contributed by atoms with van der Waals surface area (Å²) in [5.74, 6) is -0.176. The quantitative estimate of drug-likeness (QED) is 0.610. The molecule has 0 aromatic heterocycles. The van der Waals surface area contributed by atoms with Crippen LogP contribution < -0.4 is 0 Å². The molecule has 0 radical (unpaired) electrons. The molecule has 13 heavy (non-hydrogen) atoms. The van der Waals surface area contributed by atoms with Gasteiger partial charge in [-0.2, -0.15) is 0 Å². The fraction of sp³-hybridized carbons (Fsp3) is 0.700. The topological polar surface area (TPSA) is 35.5 Å². The second-order valence-electron chi connectivity index (χ2n) is 3.58. The van der Waals surface area contributed by atoms with Gasteiger partial charge in [-0.15, -0.1) is 0 Å². The molecule has 0 spiro atoms. The minimum absolute atomic E-state index is 0.176. The number of esters is 1. The molecule has 1 saturated carbocycles. The fourth-order valence-corrected chi connectivity index (χ4v) is 1.43. The Morgan fingerprint density at radius 2 is 2.31 bits per heavy atom. The average Bonchev–Trinajstić information content (AvgIpc) is 2.12. The van der Waals surface area contributed by atoms with Crippen molar-refractivity contribution in [2.24, 2.45) is 0 Å². The zero-order valence-corrected chi connectivity index (χ0v) is 7.62. The van der Waals surface area contributed by atoms with Crippen molar-refractivity contribution in [3.8, 4) is 0 Å². The first kappa shape index (κ1) is 8.60. The van der Waals surface area contributed by atoms with Crippen LogP contribution in [0.25, 0.3) is 0 Å². The predicted octanol–water partition coefficient (Wildman–Crippen LogP) is 1.78. The van der Waals surface area contributed by atoms with Gasteiger partial charge < -0.3 is 9.47 Å². The van der Waals surface area contributed by atoms with Crippen molar-refractivity contribution in [2.45, 2.75) is 38.2 Å². The van der Waals surface area contributed by atoms with Crippen molar-refractivity contribution < 1.29 is 14.3 Å². The van der Waals surface area contributed by atoms with E-state index in [0.29, 0.717) is 5.57 Å². The van der Waals surface area contributed by atoms with Gasteiger partial charge in [0, 0.05) is 0 Å². The van der Waals surface area contributed by atoms with E-state index >= 15 is 0 Å². The molecule has 2 rings (SSSR count). The molecule has 0 N–H and O–H groups in total. The van der Waals surface area contributed by atoms with Gasteiger partial charge in [0.25, 0.3) is 0 Å². The molecule has 0 amide bonds. The average molecular weight is 182 g/mol. The first-order chi connectivity index (χ1) is 6.36. The normalized spacial score (nSPS) is 22.6. The van der Waals surface area contributed by atoms with Crippen molar-refractivity contribution >= 4 is 5.97 Å². The molecule has 0 aromatic carbocycles. The first-order valence-electron chi connectivity index (χ1n) is 4.88. The molecule has 0 bridgehead atoms. The minimum atomic E-state index is -0.176. The summed E-state index contributed by atoms with van der Waals surface area (Å²) in [6.45, 7) is 0.722. The lowest BCUT2D eigenvalue weighted by molar-refractivity contribution is -0.148. The Balaban J connectivity index is 1.84. The van der Waals surface area contributed by atoms with E-state index in [0.717, 1.165) is 32.3 Å². The Morgan fingerprint density at radius 1 is 1.46 bits per heavy atom. The Hall–Kier alpha value is -0.990. The summed E-state index contributed by atoms with van der Waals surface area (Å²) in [7, 11) is 0. The van der Waals surface area contributed by atoms with E-state index in [4.69, 9.17) is 9.47 Å². The van der Waals surface area contributed by atoms with E-state index in [9.17, 15) is 4.79 Å². The molecule has 1 heterocycles. The van der Waals surface area contributed by atoms with Crippen LogP contribution in [0.15, 0.2) is 11.8 Å². The van der Waals surface area contributed by atoms with Crippen LogP contribution in [0.4, 0.5) is 0 Å². The molecule has 0 atom stereocenters. The third kappa shape index (κ3) is 2.02. The minimum Gasteiger partial charge on any atom is -0.501 e. The highest BCUT2D eigenvalue weighted by Crippen LogP contribution is 2.24. The van der Waals surface area contributed by atoms with Gasteiger partial charge in [0.05, 0.1) is 18.4 Å². The predicted molar refractivity (Wildman–Crippen MR) is 47.0 cm³/mol. The second kappa shape index (κ2) is 3.81. The maximum atomic E-state index is 11.4. The summed E-state index contributed by atoms with van der Waals surface area (Å²) in [4.78, 5) is 11.4. The van der Waals surface area contributed by atoms with Crippen molar-refractivity contribution in [3.63, 3.8) is 0 Å². The van der Waals surface area contributed by atoms with Gasteiger partial charge in [-0.3, -0.25) is 0 Å². The molecule has 3 heteroatoms. The van der Waals surface area contributed by atoms with Crippen molar-refractivity contribution in [2.75, 3.05) is 6.61 Å². The van der Waals surface area contributed by atoms with Gasteiger partial charge in [0.1, 0.15) is 6.10 Å². The van der Waals surface area contributed by atoms with Crippen LogP contribution in [0.1, 0.15) is 32.1 Å². The summed E-state index contributed by atoms with van der Waals surface area (Å²) in [6.07, 6.45) is 6.69. The highest BCUT2D eigenvalue weighted by Gasteiger charge is 2.24. The maximum absolute atomic E-state index is 11.4. The van der Waals surface area contributed by atoms with Gasteiger partial charge in [0.15, 0.2) is 0 Å². The number of rotatable bonds is 2. The van der Waals surface area contributed by atoms with Gasteiger partial charge in [-0.05, 0) is 32.1 Å². The number of carbonyl (C=O) groups excluding carboxylic acids is 1. The van der Waals surface area contributed by atoms with Crippen molar-refractivity contribution in [1.82, 2.24) is 0 Å². The van der Waals surface area contributed by atoms with E-state index in [1.165, 1.54) is 6.42 Å². The fourth-order valence-electron chi connectivity index (χ4n) is 1.43. The molecule has 1 aliphatic carbocycles. The Kier molecular flexibility index (Phi) is 2.52. The van der Waals surface area contributed by atoms with Crippen LogP contribution in [0.5, 0.6) is 0 Å². The molecular weight excluding hydrogens is 168 g/mol. The van der Waals surface area contributed by atoms with E-state index < -0.39 is 0 Å². The van der Waals surface area contributed by atoms with Crippen LogP contribution in [0.2, 0.25) is 0 Å². The second-order valence-corrected chi connectivity index (χ2v) is 3.58. The third-order valence-electron chi connectivity index (χ3n) is 2.52. The van der Waals surface area contributed by atoms with Crippen LogP contribution in [0.3, 0.4) is 0 Å². The lowest BCUT2D eigenvalue weighted by Gasteiger charge is -2.26. The van der Waals surface area contributed by atoms with Crippen molar-refractivity contribution in [1.29, 1.82) is 0 Å². The summed E-state index contributed by atoms with van der Waals surface area (Å²) >= 11 is 0. The zero-order valence-electron chi connectivity index (χ0n) is 7.62. The van der Waals surface area contributed by atoms with Gasteiger partial charge in [0.2, 0.25) is 0 Å². The molecule has 72 valence electrons. The smallest absolute Gasteiger partial charge is 0.337 e. The third-order valence-corrected chi connectivity index (χ3v) is 2.52. The highest BCUT2D eigenvalue weighted by molar-refractivity contribution is 5.88. The van der Waals surface area contributed by atoms with E-state index in [1.54, 1.807) is 6.26 Å². The summed E-state index contributed by atoms with van der Waals surface area (Å²) in [5.41, 5.74) is 0.693. The maximum Gasteiger partial charge on any atom is 0.337 e. The van der Waals surface area contributed by atoms with E-state index in [-0.39, 0.29) is 12.1 Å². The largest absolute Gasteiger partial charge is 0.501 e. The summed E-state index contributed by atoms with van der Waals surface area (Å²) in [5, 5.41) is 0. The SMILES string of the molecule is O=C(OC1CCC1)C1=COCCC1. The van der Waals surface area contributed by atoms with Crippen LogP contribution >= 0.6 is 0 Å². The molecular formula is C10H14O3. The van der Waals surface area contributed by atoms with Crippen LogP contribution in [-0.4, -0.2) is 18.7 Å². The zero-order chi connectivity index (χ0) is 9.10. The van der Waals surface area contributed by atoms with Gasteiger partial charge in [-0.25, -0.2) is 4.79 Å². The van der Waals surface area contributed by atoms with Gasteiger partial charge >= 0.3 is 5.97 Å². The van der Waals surface area contributed by atoms with Crippen LogP contribution in [-0.2, 0) is 14.3 Å². The molecule has 1 aliphatic heterocycles. The number of hydrogen-bond donors (Lipinski definition) is 0. The number of ether oxygens (including phenoxy) is 2. The standard InChI is InChI=1S/C10H14O3/c11-10(13-9-4-1-5-9)8-3-2-6-12-7-8/h7,9H,1-6H2. The summed E-state index contributed by atoms with van der Waals surface area (Å²) < 4.78 is 10.3. The molecule has 0 saturated heterocycles. The monoisotopic (exact) mass is 182 g/mol. The van der Waals surface area contributed by atoms with E-state index in [1.807, 2.05) is 0 Å². The first-order valence-corrected chi connectivity index (χ1v) is 4.88. The van der Waals surface area contributed by atoms with Gasteiger partial charge in [-0.1, -0.05) is 0 Å². The molecule has 2 aliphatic rings. The number of carbonyl (C=O) groups is 1. The van der Waals surface area contributed by atoms with E-state index in [2.05, 4.69) is 0 Å². The van der Waals surface area contributed by atoms with Crippen LogP contribution in [0, 0.1) is 0 Å². The molecule has 0 unspecified atom stereocenters. The Labute approximate surface area is 77.7 Å². The lowest BCUT2D eigenvalue weighted by Crippen LogP contribution is -2.26. The number of hydrogen-bond acceptors (Lipinski definition) is 3. The Morgan fingerprint density at radius 3 is 2.85 bits per heavy atom. The molecule has 1 fully saturated rings. The lowest BCUT2D eigenvalue weighted by atomic mass is 9.96. The summed E-state index contributed by atoms with van der Waals surface area (Å²) in [6, 6.07) is 0. The highest BCUT2D eigenvalue weighted by atomic mass is 16.5. The van der Waals surface area contributed by atoms with Crippen molar-refractivity contribution in [3.05, 3.63) is 11.8 Å².